The van der Waals surface area contributed by atoms with Crippen molar-refractivity contribution in [3.05, 3.63) is 0 Å². The first-order valence-corrected chi connectivity index (χ1v) is 5.10. The molecule has 0 aromatic heterocycles. The maximum absolute atomic E-state index is 13.5. The lowest BCUT2D eigenvalue weighted by molar-refractivity contribution is -0.447. The van der Waals surface area contributed by atoms with Crippen molar-refractivity contribution in [2.24, 2.45) is 0 Å². The minimum atomic E-state index is -7.25. The van der Waals surface area contributed by atoms with Gasteiger partial charge in [-0.05, 0) is 6.92 Å². The van der Waals surface area contributed by atoms with Gasteiger partial charge in [0.15, 0.2) is 0 Å². The number of nitrogens with zero attached hydrogens (tertiary/aromatic N) is 1. The van der Waals surface area contributed by atoms with Crippen LogP contribution in [0.25, 0.3) is 0 Å². The van der Waals surface area contributed by atoms with Crippen molar-refractivity contribution in [3.8, 4) is 0 Å². The second-order valence-electron chi connectivity index (χ2n) is 4.15. The van der Waals surface area contributed by atoms with Gasteiger partial charge < -0.3 is 5.11 Å². The van der Waals surface area contributed by atoms with Crippen LogP contribution in [0.15, 0.2) is 0 Å². The molecule has 0 amide bonds. The summed E-state index contributed by atoms with van der Waals surface area (Å²) in [7, 11) is 0. The second kappa shape index (κ2) is 5.82. The van der Waals surface area contributed by atoms with Gasteiger partial charge in [-0.15, -0.1) is 4.90 Å². The van der Waals surface area contributed by atoms with Crippen LogP contribution in [-0.2, 0) is 0 Å². The number of aliphatic hydroxyl groups is 1. The minimum Gasteiger partial charge on any atom is -0.390 e. The number of halogens is 13. The fraction of sp³-hybridized carbons (Fsp3) is 1.00. The highest BCUT2D eigenvalue weighted by Gasteiger charge is 2.77. The largest absolute Gasteiger partial charge is 0.469 e. The fourth-order valence-electron chi connectivity index (χ4n) is 1.33. The van der Waals surface area contributed by atoms with Crippen molar-refractivity contribution in [1.29, 1.82) is 0 Å². The molecule has 0 heterocycles. The highest BCUT2D eigenvalue weighted by Crippen LogP contribution is 2.51. The van der Waals surface area contributed by atoms with E-state index >= 15 is 0 Å². The molecule has 1 N–H and O–H groups in total. The number of hydrogen-bond acceptors (Lipinski definition) is 2. The molecular weight excluding hydrogens is 373 g/mol. The molecule has 2 nitrogen and oxygen atoms in total. The van der Waals surface area contributed by atoms with Crippen molar-refractivity contribution in [2.75, 3.05) is 0 Å². The first-order chi connectivity index (χ1) is 9.72. The third-order valence-electron chi connectivity index (χ3n) is 2.53. The van der Waals surface area contributed by atoms with Crippen LogP contribution in [-0.4, -0.2) is 52.8 Å². The number of hydrogen-bond donors (Lipinski definition) is 1. The summed E-state index contributed by atoms with van der Waals surface area (Å²) in [6.07, 6.45) is -30.4. The molecule has 0 rings (SSSR count). The first-order valence-electron chi connectivity index (χ1n) is 5.10. The van der Waals surface area contributed by atoms with Crippen LogP contribution >= 0.6 is 0 Å². The van der Waals surface area contributed by atoms with E-state index in [0.29, 0.717) is 0 Å². The standard InChI is InChI=1S/C8H6F13NO/c1-2(23)4(10,5(11,12)13)3(9)22(8(19,20)21)7(17,18)6(14,15)16/h2-3,23H,1H3. The van der Waals surface area contributed by atoms with Crippen LogP contribution in [0.3, 0.4) is 0 Å². The molecule has 0 spiro atoms. The van der Waals surface area contributed by atoms with Gasteiger partial charge >= 0.3 is 24.7 Å². The van der Waals surface area contributed by atoms with Gasteiger partial charge in [0, 0.05) is 0 Å². The number of alkyl halides is 13. The van der Waals surface area contributed by atoms with Crippen molar-refractivity contribution in [3.63, 3.8) is 0 Å². The van der Waals surface area contributed by atoms with E-state index in [-0.39, 0.29) is 6.92 Å². The topological polar surface area (TPSA) is 23.5 Å². The lowest BCUT2D eigenvalue weighted by atomic mass is 9.96. The quantitative estimate of drug-likeness (QED) is 0.592. The predicted octanol–water partition coefficient (Wildman–Crippen LogP) is 3.91. The summed E-state index contributed by atoms with van der Waals surface area (Å²) < 4.78 is 162. The van der Waals surface area contributed by atoms with Crippen molar-refractivity contribution < 1.29 is 62.2 Å². The smallest absolute Gasteiger partial charge is 0.390 e. The highest BCUT2D eigenvalue weighted by molar-refractivity contribution is 5.01. The van der Waals surface area contributed by atoms with E-state index in [0.717, 1.165) is 0 Å². The Kier molecular flexibility index (Phi) is 5.57. The fourth-order valence-corrected chi connectivity index (χ4v) is 1.33. The summed E-state index contributed by atoms with van der Waals surface area (Å²) in [5.41, 5.74) is -6.09. The normalized spacial score (nSPS) is 20.3. The van der Waals surface area contributed by atoms with Crippen LogP contribution < -0.4 is 0 Å². The molecule has 0 fully saturated rings. The van der Waals surface area contributed by atoms with Crippen LogP contribution in [0, 0.1) is 0 Å². The van der Waals surface area contributed by atoms with E-state index in [1.54, 1.807) is 0 Å². The van der Waals surface area contributed by atoms with Gasteiger partial charge in [-0.3, -0.25) is 0 Å². The van der Waals surface area contributed by atoms with E-state index in [4.69, 9.17) is 5.11 Å². The predicted molar refractivity (Wildman–Crippen MR) is 45.4 cm³/mol. The van der Waals surface area contributed by atoms with Crippen LogP contribution in [0.5, 0.6) is 0 Å². The Morgan fingerprint density at radius 2 is 1.09 bits per heavy atom. The van der Waals surface area contributed by atoms with E-state index in [2.05, 4.69) is 0 Å². The Bertz CT molecular complexity index is 410. The van der Waals surface area contributed by atoms with Crippen LogP contribution in [0.2, 0.25) is 0 Å². The Morgan fingerprint density at radius 3 is 1.26 bits per heavy atom. The molecule has 0 saturated carbocycles. The maximum atomic E-state index is 13.5. The Balaban J connectivity index is 6.35. The van der Waals surface area contributed by atoms with Crippen LogP contribution in [0.1, 0.15) is 6.92 Å². The summed E-state index contributed by atoms with van der Waals surface area (Å²) in [4.78, 5) is -3.58. The molecule has 0 aromatic rings. The van der Waals surface area contributed by atoms with Gasteiger partial charge in [0.05, 0.1) is 6.10 Å². The number of aliphatic hydroxyl groups excluding tert-OH is 1. The van der Waals surface area contributed by atoms with Crippen molar-refractivity contribution >= 4 is 0 Å². The van der Waals surface area contributed by atoms with Crippen molar-refractivity contribution in [2.45, 2.75) is 49.7 Å². The van der Waals surface area contributed by atoms with Gasteiger partial charge in [-0.2, -0.15) is 48.3 Å². The van der Waals surface area contributed by atoms with Gasteiger partial charge in [0.1, 0.15) is 0 Å². The van der Waals surface area contributed by atoms with E-state index in [9.17, 15) is 57.1 Å². The molecule has 0 bridgehead atoms. The van der Waals surface area contributed by atoms with E-state index in [1.807, 2.05) is 0 Å². The molecule has 0 aliphatic rings. The average molecular weight is 379 g/mol. The second-order valence-corrected chi connectivity index (χ2v) is 4.15. The average Bonchev–Trinajstić information content (AvgIpc) is 2.21. The summed E-state index contributed by atoms with van der Waals surface area (Å²) in [5, 5.41) is 8.51. The number of rotatable bonds is 4. The monoisotopic (exact) mass is 379 g/mol. The summed E-state index contributed by atoms with van der Waals surface area (Å²) >= 11 is 0. The Hall–Kier alpha value is -0.990. The molecule has 3 unspecified atom stereocenters. The molecule has 0 radical (unpaired) electrons. The molecular formula is C8H6F13NO. The minimum absolute atomic E-state index is 0.277. The molecule has 0 saturated heterocycles. The summed E-state index contributed by atoms with van der Waals surface area (Å²) in [6, 6.07) is -7.25. The van der Waals surface area contributed by atoms with Gasteiger partial charge in [0.2, 0.25) is 6.30 Å². The third kappa shape index (κ3) is 3.75. The summed E-state index contributed by atoms with van der Waals surface area (Å²) in [6.45, 7) is -0.277. The van der Waals surface area contributed by atoms with Gasteiger partial charge in [-0.1, -0.05) is 0 Å². The zero-order valence-electron chi connectivity index (χ0n) is 10.5. The van der Waals surface area contributed by atoms with Gasteiger partial charge in [0.25, 0.3) is 5.67 Å². The summed E-state index contributed by atoms with van der Waals surface area (Å²) in [5.74, 6) is 0. The highest BCUT2D eigenvalue weighted by atomic mass is 19.4. The van der Waals surface area contributed by atoms with E-state index in [1.165, 1.54) is 0 Å². The zero-order valence-corrected chi connectivity index (χ0v) is 10.5. The van der Waals surface area contributed by atoms with Crippen molar-refractivity contribution in [1.82, 2.24) is 4.90 Å². The SMILES string of the molecule is CC(O)C(F)(C(F)N(C(F)(F)F)C(F)(F)C(F)(F)F)C(F)(F)F. The lowest BCUT2D eigenvalue weighted by Gasteiger charge is -2.42. The van der Waals surface area contributed by atoms with Gasteiger partial charge in [-0.25, -0.2) is 8.78 Å². The first kappa shape index (κ1) is 22.0. The van der Waals surface area contributed by atoms with E-state index < -0.39 is 47.7 Å². The van der Waals surface area contributed by atoms with Crippen LogP contribution in [0.4, 0.5) is 57.1 Å². The molecule has 23 heavy (non-hydrogen) atoms. The molecule has 0 aliphatic carbocycles. The molecule has 15 heteroatoms. The molecule has 3 atom stereocenters. The Morgan fingerprint density at radius 1 is 0.739 bits per heavy atom. The third-order valence-corrected chi connectivity index (χ3v) is 2.53. The molecule has 0 aliphatic heterocycles. The zero-order chi connectivity index (χ0) is 19.2. The Labute approximate surface area is 118 Å². The lowest BCUT2D eigenvalue weighted by Crippen LogP contribution is -2.70. The maximum Gasteiger partial charge on any atom is 0.469 e. The molecule has 0 aromatic carbocycles. The molecule has 140 valence electrons.